The molecule has 37 heavy (non-hydrogen) atoms. The number of esters is 1. The van der Waals surface area contributed by atoms with Gasteiger partial charge in [-0.25, -0.2) is 14.8 Å². The Morgan fingerprint density at radius 3 is 2.00 bits per heavy atom. The van der Waals surface area contributed by atoms with Gasteiger partial charge in [-0.1, -0.05) is 56.1 Å². The second-order valence-electron chi connectivity index (χ2n) is 8.01. The van der Waals surface area contributed by atoms with Crippen molar-refractivity contribution in [3.63, 3.8) is 0 Å². The van der Waals surface area contributed by atoms with Gasteiger partial charge in [-0.3, -0.25) is 9.63 Å². The van der Waals surface area contributed by atoms with Crippen molar-refractivity contribution < 1.29 is 19.2 Å². The third-order valence-corrected chi connectivity index (χ3v) is 6.49. The van der Waals surface area contributed by atoms with Crippen LogP contribution in [0.15, 0.2) is 75.9 Å². The minimum Gasteiger partial charge on any atom is -0.461 e. The van der Waals surface area contributed by atoms with Crippen LogP contribution >= 0.6 is 31.9 Å². The maximum Gasteiger partial charge on any atom is 0.354 e. The maximum atomic E-state index is 12.0. The number of imidazole rings is 1. The number of rotatable bonds is 6. The molecule has 10 heteroatoms. The molecule has 1 amide bonds. The lowest BCUT2D eigenvalue weighted by Crippen LogP contribution is -2.27. The molecule has 0 aliphatic heterocycles. The van der Waals surface area contributed by atoms with Crippen molar-refractivity contribution in [2.24, 2.45) is 14.1 Å². The lowest BCUT2D eigenvalue weighted by Gasteiger charge is -2.12. The summed E-state index contributed by atoms with van der Waals surface area (Å²) in [6.07, 6.45) is 3.75. The van der Waals surface area contributed by atoms with Crippen molar-refractivity contribution in [3.8, 4) is 22.4 Å². The molecule has 0 aliphatic carbocycles. The van der Waals surface area contributed by atoms with Crippen molar-refractivity contribution in [1.29, 1.82) is 0 Å². The molecular formula is C27H28Br2N4O4. The molecule has 0 saturated carbocycles. The van der Waals surface area contributed by atoms with E-state index in [-0.39, 0.29) is 11.9 Å². The largest absolute Gasteiger partial charge is 0.461 e. The van der Waals surface area contributed by atoms with Gasteiger partial charge in [0.05, 0.1) is 19.4 Å². The molecule has 0 fully saturated rings. The summed E-state index contributed by atoms with van der Waals surface area (Å²) in [6.45, 7) is 2.19. The third-order valence-electron chi connectivity index (χ3n) is 5.43. The molecule has 0 atom stereocenters. The molecule has 4 aromatic rings. The van der Waals surface area contributed by atoms with Gasteiger partial charge in [0.15, 0.2) is 0 Å². The van der Waals surface area contributed by atoms with Crippen molar-refractivity contribution in [3.05, 3.63) is 87.5 Å². The van der Waals surface area contributed by atoms with Crippen molar-refractivity contribution in [1.82, 2.24) is 19.2 Å². The normalized spacial score (nSPS) is 10.5. The Bertz CT molecular complexity index is 1360. The van der Waals surface area contributed by atoms with E-state index in [1.807, 2.05) is 74.0 Å². The van der Waals surface area contributed by atoms with Gasteiger partial charge in [-0.2, -0.15) is 0 Å². The zero-order valence-electron chi connectivity index (χ0n) is 21.2. The summed E-state index contributed by atoms with van der Waals surface area (Å²) in [6, 6.07) is 17.6. The standard InChI is InChI=1S/C14H14BrNO2.C13H14BrN3O2/c1-3-18-14(17)13-8-11(9-16(13)2)10-4-6-12(15)7-5-10;1-16-8-11(9-4-6-10(14)7-5-9)15-12(16)13(18)17(2)19-3/h4-9H,3H2,1-2H3;4-8H,1-3H3. The Kier molecular flexibility index (Phi) is 9.85. The van der Waals surface area contributed by atoms with E-state index in [9.17, 15) is 9.59 Å². The van der Waals surface area contributed by atoms with Crippen LogP contribution in [0.1, 0.15) is 28.0 Å². The highest BCUT2D eigenvalue weighted by Gasteiger charge is 2.18. The maximum absolute atomic E-state index is 12.0. The SMILES string of the molecule is CCOC(=O)c1cc(-c2ccc(Br)cc2)cn1C.CON(C)C(=O)c1nc(-c2ccc(Br)cc2)cn1C. The van der Waals surface area contributed by atoms with E-state index in [1.54, 1.807) is 30.2 Å². The number of hydrogen-bond acceptors (Lipinski definition) is 5. The lowest BCUT2D eigenvalue weighted by atomic mass is 10.1. The summed E-state index contributed by atoms with van der Waals surface area (Å²) >= 11 is 6.79. The molecule has 2 aromatic heterocycles. The number of hydroxylamine groups is 2. The van der Waals surface area contributed by atoms with Gasteiger partial charge in [-0.05, 0) is 42.8 Å². The average molecular weight is 632 g/mol. The number of aryl methyl sites for hydroxylation is 2. The predicted molar refractivity (Wildman–Crippen MR) is 150 cm³/mol. The summed E-state index contributed by atoms with van der Waals surface area (Å²) < 4.78 is 10.5. The number of carbonyl (C=O) groups excluding carboxylic acids is 2. The summed E-state index contributed by atoms with van der Waals surface area (Å²) in [5, 5.41) is 1.15. The number of ether oxygens (including phenoxy) is 1. The molecule has 0 bridgehead atoms. The van der Waals surface area contributed by atoms with Crippen LogP contribution in [0.25, 0.3) is 22.4 Å². The smallest absolute Gasteiger partial charge is 0.354 e. The van der Waals surface area contributed by atoms with E-state index in [0.29, 0.717) is 18.1 Å². The predicted octanol–water partition coefficient (Wildman–Crippen LogP) is 6.11. The molecular weight excluding hydrogens is 604 g/mol. The number of halogens is 2. The highest BCUT2D eigenvalue weighted by atomic mass is 79.9. The van der Waals surface area contributed by atoms with Gasteiger partial charge < -0.3 is 13.9 Å². The number of carbonyl (C=O) groups is 2. The second-order valence-corrected chi connectivity index (χ2v) is 9.84. The van der Waals surface area contributed by atoms with Crippen LogP contribution in [0.5, 0.6) is 0 Å². The van der Waals surface area contributed by atoms with Crippen LogP contribution in [0.3, 0.4) is 0 Å². The Labute approximate surface area is 233 Å². The van der Waals surface area contributed by atoms with E-state index in [1.165, 1.54) is 7.11 Å². The first-order valence-corrected chi connectivity index (χ1v) is 12.9. The second kappa shape index (κ2) is 12.8. The molecule has 0 aliphatic rings. The zero-order chi connectivity index (χ0) is 27.1. The van der Waals surface area contributed by atoms with E-state index in [4.69, 9.17) is 9.57 Å². The Hall–Kier alpha value is -3.21. The number of amides is 1. The number of aromatic nitrogens is 3. The van der Waals surface area contributed by atoms with Gasteiger partial charge >= 0.3 is 11.9 Å². The highest BCUT2D eigenvalue weighted by Crippen LogP contribution is 2.24. The fourth-order valence-electron chi connectivity index (χ4n) is 3.42. The topological polar surface area (TPSA) is 78.6 Å². The molecule has 0 radical (unpaired) electrons. The molecule has 8 nitrogen and oxygen atoms in total. The fourth-order valence-corrected chi connectivity index (χ4v) is 3.95. The molecule has 0 N–H and O–H groups in total. The molecule has 0 unspecified atom stereocenters. The van der Waals surface area contributed by atoms with Crippen molar-refractivity contribution in [2.45, 2.75) is 6.92 Å². The molecule has 4 rings (SSSR count). The lowest BCUT2D eigenvalue weighted by molar-refractivity contribution is -0.0766. The van der Waals surface area contributed by atoms with Crippen molar-refractivity contribution in [2.75, 3.05) is 20.8 Å². The highest BCUT2D eigenvalue weighted by molar-refractivity contribution is 9.10. The number of benzene rings is 2. The first kappa shape index (κ1) is 28.4. The van der Waals surface area contributed by atoms with Gasteiger partial charge in [-0.15, -0.1) is 0 Å². The number of nitrogens with zero attached hydrogens (tertiary/aromatic N) is 4. The first-order chi connectivity index (χ1) is 17.6. The van der Waals surface area contributed by atoms with Crippen LogP contribution in [-0.4, -0.2) is 51.8 Å². The third kappa shape index (κ3) is 7.18. The fraction of sp³-hybridized carbons (Fsp3) is 0.222. The van der Waals surface area contributed by atoms with E-state index < -0.39 is 0 Å². The van der Waals surface area contributed by atoms with Crippen LogP contribution < -0.4 is 0 Å². The monoisotopic (exact) mass is 630 g/mol. The Balaban J connectivity index is 0.000000206. The zero-order valence-corrected chi connectivity index (χ0v) is 24.4. The van der Waals surface area contributed by atoms with Crippen LogP contribution in [0.2, 0.25) is 0 Å². The minimum atomic E-state index is -0.289. The van der Waals surface area contributed by atoms with E-state index >= 15 is 0 Å². The first-order valence-electron chi connectivity index (χ1n) is 11.4. The molecule has 194 valence electrons. The van der Waals surface area contributed by atoms with Gasteiger partial charge in [0.25, 0.3) is 0 Å². The molecule has 0 saturated heterocycles. The molecule has 2 aromatic carbocycles. The summed E-state index contributed by atoms with van der Waals surface area (Å²) in [4.78, 5) is 33.0. The van der Waals surface area contributed by atoms with Crippen molar-refractivity contribution >= 4 is 43.7 Å². The van der Waals surface area contributed by atoms with E-state index in [0.717, 1.165) is 36.4 Å². The van der Waals surface area contributed by atoms with Gasteiger partial charge in [0, 0.05) is 53.6 Å². The summed E-state index contributed by atoms with van der Waals surface area (Å²) in [5.74, 6) is -0.237. The van der Waals surface area contributed by atoms with Crippen LogP contribution in [0.4, 0.5) is 0 Å². The van der Waals surface area contributed by atoms with Gasteiger partial charge in [0.2, 0.25) is 5.82 Å². The summed E-state index contributed by atoms with van der Waals surface area (Å²) in [5.41, 5.74) is 4.35. The quantitative estimate of drug-likeness (QED) is 0.189. The minimum absolute atomic E-state index is 0.284. The van der Waals surface area contributed by atoms with Gasteiger partial charge in [0.1, 0.15) is 5.69 Å². The average Bonchev–Trinajstić information content (AvgIpc) is 3.47. The van der Waals surface area contributed by atoms with Crippen LogP contribution in [0, 0.1) is 0 Å². The molecule has 0 spiro atoms. The van der Waals surface area contributed by atoms with E-state index in [2.05, 4.69) is 36.8 Å². The Morgan fingerprint density at radius 1 is 0.892 bits per heavy atom. The van der Waals surface area contributed by atoms with Crippen LogP contribution in [-0.2, 0) is 23.7 Å². The molecule has 2 heterocycles. The number of hydrogen-bond donors (Lipinski definition) is 0. The Morgan fingerprint density at radius 2 is 1.46 bits per heavy atom. The summed E-state index contributed by atoms with van der Waals surface area (Å²) in [7, 11) is 6.62.